The van der Waals surface area contributed by atoms with Gasteiger partial charge in [-0.2, -0.15) is 0 Å². The highest BCUT2D eigenvalue weighted by atomic mass is 32.1. The second-order valence-corrected chi connectivity index (χ2v) is 9.91. The zero-order valence-electron chi connectivity index (χ0n) is 21.5. The van der Waals surface area contributed by atoms with E-state index in [0.29, 0.717) is 22.9 Å². The molecule has 0 aliphatic rings. The van der Waals surface area contributed by atoms with Crippen molar-refractivity contribution in [3.05, 3.63) is 77.4 Å². The fraction of sp³-hybridized carbons (Fsp3) is 0.138. The van der Waals surface area contributed by atoms with Gasteiger partial charge in [0.1, 0.15) is 17.3 Å². The van der Waals surface area contributed by atoms with Crippen molar-refractivity contribution < 1.29 is 14.3 Å². The van der Waals surface area contributed by atoms with Gasteiger partial charge in [-0.3, -0.25) is 9.59 Å². The first kappa shape index (κ1) is 25.0. The van der Waals surface area contributed by atoms with E-state index < -0.39 is 0 Å². The Kier molecular flexibility index (Phi) is 6.61. The average molecular weight is 526 g/mol. The number of fused-ring (bicyclic) bond motifs is 2. The number of methoxy groups -OCH3 is 1. The third-order valence-electron chi connectivity index (χ3n) is 6.44. The van der Waals surface area contributed by atoms with Gasteiger partial charge in [0.2, 0.25) is 5.91 Å². The Morgan fingerprint density at radius 2 is 1.95 bits per heavy atom. The largest absolute Gasteiger partial charge is 0.495 e. The van der Waals surface area contributed by atoms with Crippen LogP contribution in [0.2, 0.25) is 0 Å². The van der Waals surface area contributed by atoms with E-state index >= 15 is 0 Å². The number of benzene rings is 2. The summed E-state index contributed by atoms with van der Waals surface area (Å²) in [4.78, 5) is 31.1. The standard InChI is InChI=1S/C29H27N5O3S/c1-33(2)25(35)12-10-19-15-31-28(30)26-20(16-38-27(19)26)17-9-11-21(24(14-17)37-4)32-29(36)23-13-18-7-5-6-8-22(18)34(23)3/h5-16H,1-4H3,(H2,30,31)(H,32,36). The summed E-state index contributed by atoms with van der Waals surface area (Å²) in [7, 11) is 6.84. The number of anilines is 2. The number of rotatable bonds is 6. The molecule has 9 heteroatoms. The number of pyridine rings is 1. The number of likely N-dealkylation sites (N-methyl/N-ethyl adjacent to an activating group) is 1. The predicted octanol–water partition coefficient (Wildman–Crippen LogP) is 5.40. The minimum Gasteiger partial charge on any atom is -0.495 e. The topological polar surface area (TPSA) is 102 Å². The van der Waals surface area contributed by atoms with Crippen LogP contribution >= 0.6 is 11.3 Å². The van der Waals surface area contributed by atoms with Gasteiger partial charge in [0, 0.05) is 65.5 Å². The number of nitrogens with one attached hydrogen (secondary N) is 1. The van der Waals surface area contributed by atoms with Crippen LogP contribution in [0.5, 0.6) is 5.75 Å². The molecule has 2 aromatic carbocycles. The van der Waals surface area contributed by atoms with Crippen molar-refractivity contribution in [3.8, 4) is 16.9 Å². The van der Waals surface area contributed by atoms with Crippen molar-refractivity contribution in [1.82, 2.24) is 14.5 Å². The van der Waals surface area contributed by atoms with Crippen LogP contribution in [-0.2, 0) is 11.8 Å². The minimum absolute atomic E-state index is 0.113. The lowest BCUT2D eigenvalue weighted by Crippen LogP contribution is -2.18. The van der Waals surface area contributed by atoms with Gasteiger partial charge in [0.25, 0.3) is 5.91 Å². The lowest BCUT2D eigenvalue weighted by molar-refractivity contribution is -0.123. The number of amides is 2. The van der Waals surface area contributed by atoms with Gasteiger partial charge in [-0.05, 0) is 41.3 Å². The van der Waals surface area contributed by atoms with Gasteiger partial charge < -0.3 is 25.3 Å². The van der Waals surface area contributed by atoms with Crippen LogP contribution in [-0.4, -0.2) is 47.5 Å². The molecule has 0 saturated heterocycles. The third kappa shape index (κ3) is 4.48. The molecule has 0 spiro atoms. The maximum absolute atomic E-state index is 13.2. The number of hydrogen-bond donors (Lipinski definition) is 2. The summed E-state index contributed by atoms with van der Waals surface area (Å²) in [6.45, 7) is 0. The number of carbonyl (C=O) groups excluding carboxylic acids is 2. The molecule has 5 aromatic rings. The number of carbonyl (C=O) groups is 2. The number of nitrogen functional groups attached to an aromatic ring is 1. The molecule has 0 bridgehead atoms. The molecule has 192 valence electrons. The second-order valence-electron chi connectivity index (χ2n) is 9.03. The maximum Gasteiger partial charge on any atom is 0.272 e. The van der Waals surface area contributed by atoms with E-state index in [1.807, 2.05) is 65.5 Å². The third-order valence-corrected chi connectivity index (χ3v) is 7.47. The Morgan fingerprint density at radius 1 is 1.16 bits per heavy atom. The molecule has 8 nitrogen and oxygen atoms in total. The van der Waals surface area contributed by atoms with Crippen molar-refractivity contribution in [3.63, 3.8) is 0 Å². The number of thiophene rings is 1. The Morgan fingerprint density at radius 3 is 2.68 bits per heavy atom. The van der Waals surface area contributed by atoms with Crippen LogP contribution in [0.15, 0.2) is 66.2 Å². The van der Waals surface area contributed by atoms with Crippen LogP contribution in [0, 0.1) is 0 Å². The predicted molar refractivity (Wildman–Crippen MR) is 155 cm³/mol. The molecule has 38 heavy (non-hydrogen) atoms. The van der Waals surface area contributed by atoms with Crippen molar-refractivity contribution in [2.75, 3.05) is 32.3 Å². The Labute approximate surface area is 224 Å². The maximum atomic E-state index is 13.2. The number of nitrogens with zero attached hydrogens (tertiary/aromatic N) is 3. The highest BCUT2D eigenvalue weighted by Crippen LogP contribution is 2.41. The van der Waals surface area contributed by atoms with E-state index in [0.717, 1.165) is 37.7 Å². The molecule has 0 aliphatic carbocycles. The Hall–Kier alpha value is -4.63. The summed E-state index contributed by atoms with van der Waals surface area (Å²) in [5, 5.41) is 6.80. The van der Waals surface area contributed by atoms with E-state index in [2.05, 4.69) is 10.3 Å². The highest BCUT2D eigenvalue weighted by Gasteiger charge is 2.18. The molecule has 0 fully saturated rings. The molecule has 3 heterocycles. The molecular formula is C29H27N5O3S. The van der Waals surface area contributed by atoms with E-state index in [1.54, 1.807) is 33.5 Å². The van der Waals surface area contributed by atoms with Crippen molar-refractivity contribution in [2.24, 2.45) is 7.05 Å². The van der Waals surface area contributed by atoms with Crippen LogP contribution in [0.25, 0.3) is 38.2 Å². The summed E-state index contributed by atoms with van der Waals surface area (Å²) in [6.07, 6.45) is 4.94. The number of ether oxygens (including phenoxy) is 1. The normalized spacial score (nSPS) is 11.4. The molecule has 2 amide bonds. The number of nitrogens with two attached hydrogens (primary N) is 1. The summed E-state index contributed by atoms with van der Waals surface area (Å²) >= 11 is 1.53. The van der Waals surface area contributed by atoms with Crippen molar-refractivity contribution in [1.29, 1.82) is 0 Å². The quantitative estimate of drug-likeness (QED) is 0.289. The van der Waals surface area contributed by atoms with Gasteiger partial charge >= 0.3 is 0 Å². The van der Waals surface area contributed by atoms with Crippen LogP contribution in [0.3, 0.4) is 0 Å². The smallest absolute Gasteiger partial charge is 0.272 e. The molecule has 3 aromatic heterocycles. The Balaban J connectivity index is 1.48. The summed E-state index contributed by atoms with van der Waals surface area (Å²) in [5.41, 5.74) is 11.0. The van der Waals surface area contributed by atoms with Crippen molar-refractivity contribution >= 4 is 61.7 Å². The summed E-state index contributed by atoms with van der Waals surface area (Å²) in [6, 6.07) is 15.3. The lowest BCUT2D eigenvalue weighted by Gasteiger charge is -2.13. The molecule has 0 atom stereocenters. The second kappa shape index (κ2) is 10.0. The van der Waals surface area contributed by atoms with Crippen LogP contribution in [0.1, 0.15) is 16.1 Å². The first-order chi connectivity index (χ1) is 18.3. The van der Waals surface area contributed by atoms with E-state index in [1.165, 1.54) is 22.3 Å². The molecule has 0 saturated carbocycles. The lowest BCUT2D eigenvalue weighted by atomic mass is 10.0. The molecule has 0 aliphatic heterocycles. The fourth-order valence-corrected chi connectivity index (χ4v) is 5.46. The van der Waals surface area contributed by atoms with Gasteiger partial charge in [0.15, 0.2) is 0 Å². The number of hydrogen-bond acceptors (Lipinski definition) is 6. The number of aryl methyl sites for hydroxylation is 1. The van der Waals surface area contributed by atoms with Gasteiger partial charge in [-0.15, -0.1) is 11.3 Å². The van der Waals surface area contributed by atoms with E-state index in [4.69, 9.17) is 10.5 Å². The first-order valence-electron chi connectivity index (χ1n) is 11.9. The van der Waals surface area contributed by atoms with Crippen molar-refractivity contribution in [2.45, 2.75) is 0 Å². The molecule has 3 N–H and O–H groups in total. The molecule has 0 radical (unpaired) electrons. The molecule has 5 rings (SSSR count). The number of aromatic nitrogens is 2. The zero-order chi connectivity index (χ0) is 27.0. The molecule has 0 unspecified atom stereocenters. The monoisotopic (exact) mass is 525 g/mol. The van der Waals surface area contributed by atoms with Crippen LogP contribution in [0.4, 0.5) is 11.5 Å². The SMILES string of the molecule is COc1cc(-c2csc3c(C=CC(=O)N(C)C)cnc(N)c23)ccc1NC(=O)c1cc2ccccc2n1C. The van der Waals surface area contributed by atoms with Gasteiger partial charge in [-0.25, -0.2) is 4.98 Å². The summed E-state index contributed by atoms with van der Waals surface area (Å²) in [5.74, 6) is 0.582. The Bertz CT molecular complexity index is 1730. The van der Waals surface area contributed by atoms with Gasteiger partial charge in [-0.1, -0.05) is 24.3 Å². The van der Waals surface area contributed by atoms with E-state index in [9.17, 15) is 9.59 Å². The van der Waals surface area contributed by atoms with Crippen LogP contribution < -0.4 is 15.8 Å². The zero-order valence-corrected chi connectivity index (χ0v) is 22.3. The fourth-order valence-electron chi connectivity index (χ4n) is 4.38. The summed E-state index contributed by atoms with van der Waals surface area (Å²) < 4.78 is 8.45. The highest BCUT2D eigenvalue weighted by molar-refractivity contribution is 7.18. The van der Waals surface area contributed by atoms with E-state index in [-0.39, 0.29) is 11.8 Å². The minimum atomic E-state index is -0.229. The average Bonchev–Trinajstić information content (AvgIpc) is 3.51. The first-order valence-corrected chi connectivity index (χ1v) is 12.8. The molecular weight excluding hydrogens is 498 g/mol. The van der Waals surface area contributed by atoms with Gasteiger partial charge in [0.05, 0.1) is 12.8 Å². The number of para-hydroxylation sites is 1.